The molecular formula is C13H11N5O2. The van der Waals surface area contributed by atoms with E-state index in [4.69, 9.17) is 4.42 Å². The number of carbonyl (C=O) groups excluding carboxylic acids is 1. The Kier molecular flexibility index (Phi) is 3.00. The molecule has 0 radical (unpaired) electrons. The number of hydrogen-bond donors (Lipinski definition) is 2. The number of anilines is 1. The quantitative estimate of drug-likeness (QED) is 0.758. The van der Waals surface area contributed by atoms with E-state index in [0.29, 0.717) is 17.1 Å². The van der Waals surface area contributed by atoms with Gasteiger partial charge in [0.15, 0.2) is 0 Å². The number of amides is 1. The van der Waals surface area contributed by atoms with Crippen molar-refractivity contribution in [3.05, 3.63) is 48.1 Å². The van der Waals surface area contributed by atoms with Crippen molar-refractivity contribution in [1.82, 2.24) is 20.4 Å². The third-order valence-corrected chi connectivity index (χ3v) is 2.82. The van der Waals surface area contributed by atoms with Crippen LogP contribution < -0.4 is 5.32 Å². The predicted octanol–water partition coefficient (Wildman–Crippen LogP) is 2.02. The maximum Gasteiger partial charge on any atom is 0.259 e. The van der Waals surface area contributed by atoms with Crippen LogP contribution in [-0.4, -0.2) is 26.3 Å². The Morgan fingerprint density at radius 3 is 2.70 bits per heavy atom. The van der Waals surface area contributed by atoms with Crippen molar-refractivity contribution in [2.45, 2.75) is 6.92 Å². The van der Waals surface area contributed by atoms with Crippen molar-refractivity contribution in [3.8, 4) is 11.5 Å². The molecule has 0 aliphatic heterocycles. The lowest BCUT2D eigenvalue weighted by atomic mass is 10.2. The van der Waals surface area contributed by atoms with E-state index in [-0.39, 0.29) is 5.91 Å². The summed E-state index contributed by atoms with van der Waals surface area (Å²) in [6, 6.07) is 7.14. The molecular weight excluding hydrogens is 258 g/mol. The fourth-order valence-electron chi connectivity index (χ4n) is 1.77. The molecule has 2 N–H and O–H groups in total. The summed E-state index contributed by atoms with van der Waals surface area (Å²) in [5.74, 6) is 0.232. The highest BCUT2D eigenvalue weighted by Crippen LogP contribution is 2.19. The summed E-state index contributed by atoms with van der Waals surface area (Å²) in [7, 11) is 0. The average molecular weight is 269 g/mol. The van der Waals surface area contributed by atoms with E-state index in [0.717, 1.165) is 11.3 Å². The number of aromatic amines is 1. The number of nitrogens with one attached hydrogen (secondary N) is 2. The molecule has 3 aromatic rings. The third-order valence-electron chi connectivity index (χ3n) is 2.82. The molecule has 0 saturated carbocycles. The monoisotopic (exact) mass is 269 g/mol. The number of aromatic nitrogens is 4. The first-order chi connectivity index (χ1) is 9.74. The lowest BCUT2D eigenvalue weighted by Gasteiger charge is -2.04. The number of carbonyl (C=O) groups is 1. The highest BCUT2D eigenvalue weighted by molar-refractivity contribution is 6.04. The molecule has 0 saturated heterocycles. The Morgan fingerprint density at radius 2 is 2.10 bits per heavy atom. The summed E-state index contributed by atoms with van der Waals surface area (Å²) in [6.45, 7) is 1.79. The Balaban J connectivity index is 1.76. The largest absolute Gasteiger partial charge is 0.423 e. The van der Waals surface area contributed by atoms with Gasteiger partial charge >= 0.3 is 0 Å². The van der Waals surface area contributed by atoms with Crippen molar-refractivity contribution >= 4 is 11.6 Å². The fourth-order valence-corrected chi connectivity index (χ4v) is 1.77. The standard InChI is InChI=1S/C13H11N5O2/c1-8-11(6-14-17-8)12(19)16-10-4-2-9(3-5-10)13-18-15-7-20-13/h2-7H,1H3,(H,14,17)(H,16,19). The van der Waals surface area contributed by atoms with E-state index in [1.165, 1.54) is 12.6 Å². The number of aryl methyl sites for hydroxylation is 1. The van der Waals surface area contributed by atoms with Gasteiger partial charge in [-0.2, -0.15) is 5.10 Å². The predicted molar refractivity (Wildman–Crippen MR) is 71.0 cm³/mol. The summed E-state index contributed by atoms with van der Waals surface area (Å²) in [5.41, 5.74) is 2.72. The average Bonchev–Trinajstić information content (AvgIpc) is 3.10. The van der Waals surface area contributed by atoms with Crippen LogP contribution in [0.4, 0.5) is 5.69 Å². The van der Waals surface area contributed by atoms with Crippen LogP contribution in [0.5, 0.6) is 0 Å². The number of rotatable bonds is 3. The normalized spacial score (nSPS) is 10.4. The molecule has 0 aliphatic carbocycles. The van der Waals surface area contributed by atoms with Crippen LogP contribution in [0.1, 0.15) is 16.1 Å². The Morgan fingerprint density at radius 1 is 1.30 bits per heavy atom. The number of nitrogens with zero attached hydrogens (tertiary/aromatic N) is 3. The molecule has 0 fully saturated rings. The maximum atomic E-state index is 12.0. The van der Waals surface area contributed by atoms with Crippen molar-refractivity contribution < 1.29 is 9.21 Å². The molecule has 0 aliphatic rings. The summed E-state index contributed by atoms with van der Waals surface area (Å²) < 4.78 is 5.09. The van der Waals surface area contributed by atoms with Gasteiger partial charge in [-0.25, -0.2) is 0 Å². The van der Waals surface area contributed by atoms with E-state index in [9.17, 15) is 4.79 Å². The van der Waals surface area contributed by atoms with Gasteiger partial charge in [0, 0.05) is 16.9 Å². The minimum atomic E-state index is -0.207. The SMILES string of the molecule is Cc1[nH]ncc1C(=O)Nc1ccc(-c2nnco2)cc1. The molecule has 2 heterocycles. The van der Waals surface area contributed by atoms with Crippen LogP contribution in [0.15, 0.2) is 41.3 Å². The Bertz CT molecular complexity index is 716. The lowest BCUT2D eigenvalue weighted by molar-refractivity contribution is 0.102. The first kappa shape index (κ1) is 12.1. The van der Waals surface area contributed by atoms with Gasteiger partial charge in [-0.05, 0) is 31.2 Å². The van der Waals surface area contributed by atoms with Gasteiger partial charge in [0.25, 0.3) is 5.91 Å². The number of H-pyrrole nitrogens is 1. The molecule has 7 nitrogen and oxygen atoms in total. The Labute approximate surface area is 114 Å². The molecule has 2 aromatic heterocycles. The van der Waals surface area contributed by atoms with Crippen molar-refractivity contribution in [2.24, 2.45) is 0 Å². The van der Waals surface area contributed by atoms with Crippen molar-refractivity contribution in [2.75, 3.05) is 5.32 Å². The lowest BCUT2D eigenvalue weighted by Crippen LogP contribution is -2.12. The molecule has 7 heteroatoms. The van der Waals surface area contributed by atoms with Crippen molar-refractivity contribution in [1.29, 1.82) is 0 Å². The second-order valence-corrected chi connectivity index (χ2v) is 4.18. The highest BCUT2D eigenvalue weighted by atomic mass is 16.4. The zero-order valence-electron chi connectivity index (χ0n) is 10.6. The fraction of sp³-hybridized carbons (Fsp3) is 0.0769. The molecule has 100 valence electrons. The van der Waals surface area contributed by atoms with Crippen LogP contribution in [0, 0.1) is 6.92 Å². The molecule has 0 spiro atoms. The summed E-state index contributed by atoms with van der Waals surface area (Å²) in [4.78, 5) is 12.0. The minimum Gasteiger partial charge on any atom is -0.423 e. The molecule has 1 aromatic carbocycles. The molecule has 3 rings (SSSR count). The topological polar surface area (TPSA) is 96.7 Å². The second-order valence-electron chi connectivity index (χ2n) is 4.18. The van der Waals surface area contributed by atoms with Crippen LogP contribution in [0.3, 0.4) is 0 Å². The van der Waals surface area contributed by atoms with E-state index in [1.807, 2.05) is 0 Å². The molecule has 0 atom stereocenters. The van der Waals surface area contributed by atoms with Crippen LogP contribution in [0.2, 0.25) is 0 Å². The molecule has 0 bridgehead atoms. The first-order valence-corrected chi connectivity index (χ1v) is 5.92. The van der Waals surface area contributed by atoms with E-state index < -0.39 is 0 Å². The molecule has 20 heavy (non-hydrogen) atoms. The highest BCUT2D eigenvalue weighted by Gasteiger charge is 2.11. The summed E-state index contributed by atoms with van der Waals surface area (Å²) >= 11 is 0. The van der Waals surface area contributed by atoms with E-state index >= 15 is 0 Å². The second kappa shape index (κ2) is 4.96. The number of hydrogen-bond acceptors (Lipinski definition) is 5. The van der Waals surface area contributed by atoms with Gasteiger partial charge in [-0.3, -0.25) is 9.89 Å². The van der Waals surface area contributed by atoms with Gasteiger partial charge < -0.3 is 9.73 Å². The molecule has 1 amide bonds. The summed E-state index contributed by atoms with van der Waals surface area (Å²) in [5, 5.41) is 16.8. The van der Waals surface area contributed by atoms with Gasteiger partial charge in [0.1, 0.15) is 0 Å². The molecule has 0 unspecified atom stereocenters. The Hall–Kier alpha value is -2.96. The van der Waals surface area contributed by atoms with Gasteiger partial charge in [-0.15, -0.1) is 10.2 Å². The summed E-state index contributed by atoms with van der Waals surface area (Å²) in [6.07, 6.45) is 2.77. The van der Waals surface area contributed by atoms with E-state index in [2.05, 4.69) is 25.7 Å². The van der Waals surface area contributed by atoms with Crippen LogP contribution in [0.25, 0.3) is 11.5 Å². The zero-order chi connectivity index (χ0) is 13.9. The smallest absolute Gasteiger partial charge is 0.259 e. The van der Waals surface area contributed by atoms with Crippen molar-refractivity contribution in [3.63, 3.8) is 0 Å². The van der Waals surface area contributed by atoms with Crippen LogP contribution >= 0.6 is 0 Å². The number of benzene rings is 1. The first-order valence-electron chi connectivity index (χ1n) is 5.92. The van der Waals surface area contributed by atoms with Gasteiger partial charge in [0.2, 0.25) is 12.3 Å². The zero-order valence-corrected chi connectivity index (χ0v) is 10.6. The van der Waals surface area contributed by atoms with Gasteiger partial charge in [-0.1, -0.05) is 0 Å². The van der Waals surface area contributed by atoms with Gasteiger partial charge in [0.05, 0.1) is 11.8 Å². The van der Waals surface area contributed by atoms with Crippen LogP contribution in [-0.2, 0) is 0 Å². The maximum absolute atomic E-state index is 12.0. The van der Waals surface area contributed by atoms with E-state index in [1.54, 1.807) is 31.2 Å². The third kappa shape index (κ3) is 2.28. The minimum absolute atomic E-state index is 0.207.